The Hall–Kier alpha value is -1.27. The van der Waals surface area contributed by atoms with Crippen molar-refractivity contribution in [3.05, 3.63) is 29.3 Å². The molecule has 0 bridgehead atoms. The van der Waals surface area contributed by atoms with Gasteiger partial charge in [-0.25, -0.2) is 8.42 Å². The SMILES string of the molecule is CC(C)(C(Cl)c1ccc2c(c1)C(=O)NCCO2)S(C)(=O)=O. The molecule has 2 rings (SSSR count). The Kier molecular flexibility index (Phi) is 4.22. The number of carbonyl (C=O) groups is 1. The van der Waals surface area contributed by atoms with E-state index in [4.69, 9.17) is 16.3 Å². The minimum absolute atomic E-state index is 0.245. The van der Waals surface area contributed by atoms with E-state index in [1.165, 1.54) is 0 Å². The molecule has 0 spiro atoms. The number of hydrogen-bond acceptors (Lipinski definition) is 4. The molecule has 1 amide bonds. The number of fused-ring (bicyclic) bond motifs is 1. The Balaban J connectivity index is 2.45. The molecule has 7 heteroatoms. The maximum absolute atomic E-state index is 12.0. The molecule has 0 fully saturated rings. The van der Waals surface area contributed by atoms with Gasteiger partial charge < -0.3 is 10.1 Å². The van der Waals surface area contributed by atoms with Crippen molar-refractivity contribution in [2.45, 2.75) is 24.0 Å². The zero-order valence-corrected chi connectivity index (χ0v) is 13.7. The highest BCUT2D eigenvalue weighted by Crippen LogP contribution is 2.39. The molecule has 5 nitrogen and oxygen atoms in total. The van der Waals surface area contributed by atoms with Crippen LogP contribution < -0.4 is 10.1 Å². The molecule has 0 radical (unpaired) electrons. The number of sulfone groups is 1. The molecule has 21 heavy (non-hydrogen) atoms. The third kappa shape index (κ3) is 3.01. The van der Waals surface area contributed by atoms with Gasteiger partial charge in [0.2, 0.25) is 0 Å². The molecule has 0 aliphatic carbocycles. The maximum atomic E-state index is 12.0. The molecule has 116 valence electrons. The number of benzene rings is 1. The average molecular weight is 332 g/mol. The van der Waals surface area contributed by atoms with Gasteiger partial charge >= 0.3 is 0 Å². The number of carbonyl (C=O) groups excluding carboxylic acids is 1. The Morgan fingerprint density at radius 2 is 2.05 bits per heavy atom. The quantitative estimate of drug-likeness (QED) is 0.859. The third-order valence-electron chi connectivity index (χ3n) is 3.75. The second kappa shape index (κ2) is 5.50. The molecule has 1 aliphatic rings. The van der Waals surface area contributed by atoms with Gasteiger partial charge in [0.1, 0.15) is 12.4 Å². The highest BCUT2D eigenvalue weighted by Gasteiger charge is 2.39. The molecule has 1 N–H and O–H groups in total. The van der Waals surface area contributed by atoms with E-state index >= 15 is 0 Å². The van der Waals surface area contributed by atoms with Crippen molar-refractivity contribution < 1.29 is 17.9 Å². The lowest BCUT2D eigenvalue weighted by Crippen LogP contribution is -2.35. The number of hydrogen-bond donors (Lipinski definition) is 1. The van der Waals surface area contributed by atoms with Crippen LogP contribution in [0.3, 0.4) is 0 Å². The summed E-state index contributed by atoms with van der Waals surface area (Å²) in [7, 11) is -3.36. The highest BCUT2D eigenvalue weighted by atomic mass is 35.5. The van der Waals surface area contributed by atoms with E-state index < -0.39 is 20.0 Å². The van der Waals surface area contributed by atoms with Crippen molar-refractivity contribution in [1.82, 2.24) is 5.32 Å². The Labute approximate surface area is 129 Å². The van der Waals surface area contributed by atoms with E-state index in [1.54, 1.807) is 32.0 Å². The van der Waals surface area contributed by atoms with Crippen LogP contribution in [0.1, 0.15) is 35.1 Å². The van der Waals surface area contributed by atoms with Crippen LogP contribution in [-0.2, 0) is 9.84 Å². The van der Waals surface area contributed by atoms with Crippen LogP contribution in [0.2, 0.25) is 0 Å². The van der Waals surface area contributed by atoms with Gasteiger partial charge in [-0.2, -0.15) is 0 Å². The molecule has 1 aromatic rings. The molecule has 1 aromatic carbocycles. The molecular weight excluding hydrogens is 314 g/mol. The summed E-state index contributed by atoms with van der Waals surface area (Å²) in [6.45, 7) is 3.98. The fourth-order valence-corrected chi connectivity index (χ4v) is 3.15. The largest absolute Gasteiger partial charge is 0.491 e. The van der Waals surface area contributed by atoms with Gasteiger partial charge in [-0.3, -0.25) is 4.79 Å². The van der Waals surface area contributed by atoms with E-state index in [0.717, 1.165) is 6.26 Å². The second-order valence-electron chi connectivity index (χ2n) is 5.60. The predicted molar refractivity (Wildman–Crippen MR) is 81.8 cm³/mol. The van der Waals surface area contributed by atoms with Crippen LogP contribution in [0.4, 0.5) is 0 Å². The number of ether oxygens (including phenoxy) is 1. The lowest BCUT2D eigenvalue weighted by atomic mass is 9.99. The summed E-state index contributed by atoms with van der Waals surface area (Å²) in [5, 5.41) is 1.94. The summed E-state index contributed by atoms with van der Waals surface area (Å²) in [6.07, 6.45) is 1.15. The van der Waals surface area contributed by atoms with Crippen LogP contribution in [0.15, 0.2) is 18.2 Å². The van der Waals surface area contributed by atoms with E-state index in [9.17, 15) is 13.2 Å². The summed E-state index contributed by atoms with van der Waals surface area (Å²) < 4.78 is 28.1. The fourth-order valence-electron chi connectivity index (χ4n) is 2.02. The molecule has 0 saturated carbocycles. The molecule has 0 saturated heterocycles. The number of alkyl halides is 1. The minimum Gasteiger partial charge on any atom is -0.491 e. The molecular formula is C14H18ClNO4S. The van der Waals surface area contributed by atoms with E-state index in [0.29, 0.717) is 30.0 Å². The zero-order valence-electron chi connectivity index (χ0n) is 12.1. The molecule has 1 unspecified atom stereocenters. The van der Waals surface area contributed by atoms with Crippen molar-refractivity contribution in [1.29, 1.82) is 0 Å². The van der Waals surface area contributed by atoms with Crippen molar-refractivity contribution in [2.24, 2.45) is 0 Å². The van der Waals surface area contributed by atoms with Crippen LogP contribution in [0.25, 0.3) is 0 Å². The Bertz CT molecular complexity index is 670. The number of amides is 1. The van der Waals surface area contributed by atoms with Gasteiger partial charge in [0, 0.05) is 6.26 Å². The molecule has 1 heterocycles. The summed E-state index contributed by atoms with van der Waals surface area (Å²) in [5.41, 5.74) is 0.950. The second-order valence-corrected chi connectivity index (χ2v) is 8.63. The van der Waals surface area contributed by atoms with Crippen LogP contribution in [-0.4, -0.2) is 38.5 Å². The van der Waals surface area contributed by atoms with Gasteiger partial charge in [0.15, 0.2) is 9.84 Å². The van der Waals surface area contributed by atoms with Gasteiger partial charge in [0.05, 0.1) is 22.2 Å². The Morgan fingerprint density at radius 1 is 1.38 bits per heavy atom. The minimum atomic E-state index is -3.36. The molecule has 1 aliphatic heterocycles. The summed E-state index contributed by atoms with van der Waals surface area (Å²) in [4.78, 5) is 12.0. The number of rotatable bonds is 3. The van der Waals surface area contributed by atoms with Crippen molar-refractivity contribution >= 4 is 27.3 Å². The lowest BCUT2D eigenvalue weighted by molar-refractivity contribution is 0.0957. The van der Waals surface area contributed by atoms with E-state index in [-0.39, 0.29) is 5.91 Å². The first-order valence-electron chi connectivity index (χ1n) is 6.53. The van der Waals surface area contributed by atoms with Gasteiger partial charge in [-0.1, -0.05) is 6.07 Å². The zero-order chi connectivity index (χ0) is 15.8. The van der Waals surface area contributed by atoms with Crippen molar-refractivity contribution in [3.8, 4) is 5.75 Å². The normalized spacial score (nSPS) is 17.2. The number of nitrogens with one attached hydrogen (secondary N) is 1. The highest BCUT2D eigenvalue weighted by molar-refractivity contribution is 7.92. The van der Waals surface area contributed by atoms with Gasteiger partial charge in [0.25, 0.3) is 5.91 Å². The lowest BCUT2D eigenvalue weighted by Gasteiger charge is -2.28. The van der Waals surface area contributed by atoms with Crippen molar-refractivity contribution in [3.63, 3.8) is 0 Å². The van der Waals surface area contributed by atoms with Crippen LogP contribution >= 0.6 is 11.6 Å². The summed E-state index contributed by atoms with van der Waals surface area (Å²) >= 11 is 6.36. The summed E-state index contributed by atoms with van der Waals surface area (Å²) in [6, 6.07) is 4.95. The van der Waals surface area contributed by atoms with Crippen LogP contribution in [0.5, 0.6) is 5.75 Å². The number of halogens is 1. The molecule has 0 aromatic heterocycles. The predicted octanol–water partition coefficient (Wildman–Crippen LogP) is 1.91. The smallest absolute Gasteiger partial charge is 0.255 e. The Morgan fingerprint density at radius 3 is 2.67 bits per heavy atom. The average Bonchev–Trinajstić information content (AvgIpc) is 2.58. The van der Waals surface area contributed by atoms with E-state index in [2.05, 4.69) is 5.32 Å². The van der Waals surface area contributed by atoms with E-state index in [1.807, 2.05) is 0 Å². The summed E-state index contributed by atoms with van der Waals surface area (Å²) in [5.74, 6) is 0.236. The first-order chi connectivity index (χ1) is 9.64. The van der Waals surface area contributed by atoms with Gasteiger partial charge in [-0.05, 0) is 31.5 Å². The van der Waals surface area contributed by atoms with Gasteiger partial charge in [-0.15, -0.1) is 11.6 Å². The topological polar surface area (TPSA) is 72.5 Å². The third-order valence-corrected chi connectivity index (χ3v) is 6.83. The molecule has 1 atom stereocenters. The fraction of sp³-hybridized carbons (Fsp3) is 0.500. The first kappa shape index (κ1) is 16.1. The van der Waals surface area contributed by atoms with Crippen LogP contribution in [0, 0.1) is 0 Å². The maximum Gasteiger partial charge on any atom is 0.255 e. The van der Waals surface area contributed by atoms with Crippen molar-refractivity contribution in [2.75, 3.05) is 19.4 Å². The standard InChI is InChI=1S/C14H18ClNO4S/c1-14(2,21(3,18)19)12(15)9-4-5-11-10(8-9)13(17)16-6-7-20-11/h4-5,8,12H,6-7H2,1-3H3,(H,16,17). The first-order valence-corrected chi connectivity index (χ1v) is 8.86. The monoisotopic (exact) mass is 331 g/mol.